The van der Waals surface area contributed by atoms with Crippen molar-refractivity contribution in [1.29, 1.82) is 0 Å². The van der Waals surface area contributed by atoms with Crippen molar-refractivity contribution in [3.05, 3.63) is 24.1 Å². The van der Waals surface area contributed by atoms with Gasteiger partial charge in [-0.15, -0.1) is 0 Å². The van der Waals surface area contributed by atoms with Gasteiger partial charge in [0, 0.05) is 25.6 Å². The van der Waals surface area contributed by atoms with Crippen LogP contribution >= 0.6 is 0 Å². The Morgan fingerprint density at radius 3 is 3.16 bits per heavy atom. The molecule has 1 aromatic rings. The van der Waals surface area contributed by atoms with Crippen LogP contribution < -0.4 is 10.2 Å². The molecule has 0 saturated carbocycles. The van der Waals surface area contributed by atoms with Gasteiger partial charge < -0.3 is 10.2 Å². The highest BCUT2D eigenvalue weighted by Gasteiger charge is 2.22. The molecule has 1 aliphatic heterocycles. The van der Waals surface area contributed by atoms with Crippen LogP contribution in [0.3, 0.4) is 0 Å². The molecule has 4 nitrogen and oxygen atoms in total. The van der Waals surface area contributed by atoms with Crippen molar-refractivity contribution in [2.24, 2.45) is 0 Å². The number of carbonyl (C=O) groups is 1. The maximum Gasteiger partial charge on any atom is 0.220 e. The summed E-state index contributed by atoms with van der Waals surface area (Å²) < 4.78 is 13.1. The molecule has 1 fully saturated rings. The largest absolute Gasteiger partial charge is 0.354 e. The van der Waals surface area contributed by atoms with Crippen LogP contribution in [-0.2, 0) is 4.79 Å². The predicted octanol–water partition coefficient (Wildman–Crippen LogP) is 2.11. The first kappa shape index (κ1) is 13.8. The highest BCUT2D eigenvalue weighted by molar-refractivity contribution is 5.76. The van der Waals surface area contributed by atoms with E-state index in [0.29, 0.717) is 18.8 Å². The van der Waals surface area contributed by atoms with Crippen molar-refractivity contribution in [3.8, 4) is 0 Å². The van der Waals surface area contributed by atoms with Crippen molar-refractivity contribution in [2.45, 2.75) is 38.6 Å². The third kappa shape index (κ3) is 3.91. The zero-order chi connectivity index (χ0) is 13.7. The van der Waals surface area contributed by atoms with E-state index in [1.165, 1.54) is 6.07 Å². The predicted molar refractivity (Wildman–Crippen MR) is 72.5 cm³/mol. The number of carbonyl (C=O) groups excluding carboxylic acids is 1. The number of hydrogen-bond acceptors (Lipinski definition) is 3. The highest BCUT2D eigenvalue weighted by atomic mass is 19.1. The molecule has 1 unspecified atom stereocenters. The zero-order valence-electron chi connectivity index (χ0n) is 11.2. The van der Waals surface area contributed by atoms with Gasteiger partial charge in [-0.2, -0.15) is 4.39 Å². The number of piperidine rings is 1. The van der Waals surface area contributed by atoms with Crippen molar-refractivity contribution >= 4 is 11.7 Å². The molecule has 1 atom stereocenters. The van der Waals surface area contributed by atoms with Crippen LogP contribution in [0, 0.1) is 5.95 Å². The molecule has 0 aromatic carbocycles. The lowest BCUT2D eigenvalue weighted by Crippen LogP contribution is -2.48. The van der Waals surface area contributed by atoms with Crippen molar-refractivity contribution in [1.82, 2.24) is 10.3 Å². The first-order chi connectivity index (χ1) is 9.19. The van der Waals surface area contributed by atoms with Gasteiger partial charge >= 0.3 is 0 Å². The van der Waals surface area contributed by atoms with Crippen LogP contribution in [0.1, 0.15) is 32.6 Å². The molecule has 0 aliphatic carbocycles. The number of amides is 1. The minimum absolute atomic E-state index is 0.0987. The molecule has 1 amide bonds. The van der Waals surface area contributed by atoms with Gasteiger partial charge in [-0.3, -0.25) is 4.79 Å². The average molecular weight is 265 g/mol. The summed E-state index contributed by atoms with van der Waals surface area (Å²) in [5, 5.41) is 3.03. The average Bonchev–Trinajstić information content (AvgIpc) is 2.39. The fourth-order valence-electron chi connectivity index (χ4n) is 2.40. The molecule has 0 spiro atoms. The van der Waals surface area contributed by atoms with E-state index in [4.69, 9.17) is 0 Å². The highest BCUT2D eigenvalue weighted by Crippen LogP contribution is 2.18. The lowest BCUT2D eigenvalue weighted by atomic mass is 10.1. The van der Waals surface area contributed by atoms with Crippen molar-refractivity contribution in [2.75, 3.05) is 18.0 Å². The Labute approximate surface area is 113 Å². The number of anilines is 1. The van der Waals surface area contributed by atoms with Crippen LogP contribution in [0.15, 0.2) is 18.2 Å². The third-order valence-corrected chi connectivity index (χ3v) is 3.29. The van der Waals surface area contributed by atoms with Gasteiger partial charge in [0.05, 0.1) is 0 Å². The summed E-state index contributed by atoms with van der Waals surface area (Å²) in [5.74, 6) is 0.283. The number of nitrogens with zero attached hydrogens (tertiary/aromatic N) is 2. The summed E-state index contributed by atoms with van der Waals surface area (Å²) in [6.45, 7) is 3.55. The van der Waals surface area contributed by atoms with E-state index >= 15 is 0 Å². The number of nitrogens with one attached hydrogen (secondary N) is 1. The van der Waals surface area contributed by atoms with E-state index in [0.717, 1.165) is 25.8 Å². The normalized spacial score (nSPS) is 19.3. The van der Waals surface area contributed by atoms with E-state index < -0.39 is 5.95 Å². The molecule has 2 heterocycles. The fraction of sp³-hybridized carbons (Fsp3) is 0.571. The summed E-state index contributed by atoms with van der Waals surface area (Å²) in [5.41, 5.74) is 0. The molecule has 5 heteroatoms. The second kappa shape index (κ2) is 6.50. The molecule has 1 N–H and O–H groups in total. The van der Waals surface area contributed by atoms with E-state index in [9.17, 15) is 9.18 Å². The number of pyridine rings is 1. The molecule has 2 rings (SSSR count). The Morgan fingerprint density at radius 1 is 1.58 bits per heavy atom. The van der Waals surface area contributed by atoms with Gasteiger partial charge in [0.2, 0.25) is 11.9 Å². The Morgan fingerprint density at radius 2 is 2.42 bits per heavy atom. The minimum Gasteiger partial charge on any atom is -0.354 e. The molecule has 0 radical (unpaired) electrons. The first-order valence-corrected chi connectivity index (χ1v) is 6.86. The van der Waals surface area contributed by atoms with Crippen LogP contribution in [0.5, 0.6) is 0 Å². The first-order valence-electron chi connectivity index (χ1n) is 6.86. The molecule has 1 saturated heterocycles. The second-order valence-electron chi connectivity index (χ2n) is 4.92. The summed E-state index contributed by atoms with van der Waals surface area (Å²) in [7, 11) is 0. The van der Waals surface area contributed by atoms with Gasteiger partial charge in [-0.05, 0) is 31.4 Å². The van der Waals surface area contributed by atoms with Gasteiger partial charge in [0.25, 0.3) is 0 Å². The number of halogens is 1. The molecular weight excluding hydrogens is 245 g/mol. The van der Waals surface area contributed by atoms with Crippen LogP contribution in [0.25, 0.3) is 0 Å². The molecular formula is C14H20FN3O. The third-order valence-electron chi connectivity index (χ3n) is 3.29. The Balaban J connectivity index is 1.95. The summed E-state index contributed by atoms with van der Waals surface area (Å²) in [6.07, 6.45) is 3.37. The number of hydrogen-bond donors (Lipinski definition) is 1. The van der Waals surface area contributed by atoms with Crippen molar-refractivity contribution < 1.29 is 9.18 Å². The van der Waals surface area contributed by atoms with Gasteiger partial charge in [-0.25, -0.2) is 4.98 Å². The van der Waals surface area contributed by atoms with E-state index in [1.807, 2.05) is 11.8 Å². The van der Waals surface area contributed by atoms with Crippen LogP contribution in [0.2, 0.25) is 0 Å². The fourth-order valence-corrected chi connectivity index (χ4v) is 2.40. The monoisotopic (exact) mass is 265 g/mol. The summed E-state index contributed by atoms with van der Waals surface area (Å²) in [6, 6.07) is 4.95. The quantitative estimate of drug-likeness (QED) is 0.848. The van der Waals surface area contributed by atoms with Gasteiger partial charge in [0.1, 0.15) is 5.82 Å². The summed E-state index contributed by atoms with van der Waals surface area (Å²) >= 11 is 0. The molecule has 0 bridgehead atoms. The van der Waals surface area contributed by atoms with E-state index in [-0.39, 0.29) is 11.9 Å². The van der Waals surface area contributed by atoms with Crippen molar-refractivity contribution in [3.63, 3.8) is 0 Å². The molecule has 1 aliphatic rings. The summed E-state index contributed by atoms with van der Waals surface area (Å²) in [4.78, 5) is 17.5. The number of aromatic nitrogens is 1. The lowest BCUT2D eigenvalue weighted by molar-refractivity contribution is -0.121. The standard InChI is InChI=1S/C14H20FN3O/c1-2-5-14(19)16-11-6-4-9-18(10-11)13-8-3-7-12(15)17-13/h3,7-8,11H,2,4-6,9-10H2,1H3,(H,16,19). The van der Waals surface area contributed by atoms with Crippen LogP contribution in [-0.4, -0.2) is 30.0 Å². The Kier molecular flexibility index (Phi) is 4.71. The smallest absolute Gasteiger partial charge is 0.220 e. The topological polar surface area (TPSA) is 45.2 Å². The second-order valence-corrected chi connectivity index (χ2v) is 4.92. The lowest BCUT2D eigenvalue weighted by Gasteiger charge is -2.34. The SMILES string of the molecule is CCCC(=O)NC1CCCN(c2cccc(F)n2)C1. The molecule has 104 valence electrons. The minimum atomic E-state index is -0.463. The Bertz CT molecular complexity index is 438. The molecule has 1 aromatic heterocycles. The van der Waals surface area contributed by atoms with Crippen LogP contribution in [0.4, 0.5) is 10.2 Å². The van der Waals surface area contributed by atoms with Gasteiger partial charge in [0.15, 0.2) is 0 Å². The maximum atomic E-state index is 13.1. The van der Waals surface area contributed by atoms with Gasteiger partial charge in [-0.1, -0.05) is 13.0 Å². The zero-order valence-corrected chi connectivity index (χ0v) is 11.2. The molecule has 19 heavy (non-hydrogen) atoms. The maximum absolute atomic E-state index is 13.1. The van der Waals surface area contributed by atoms with E-state index in [1.54, 1.807) is 12.1 Å². The Hall–Kier alpha value is -1.65. The van der Waals surface area contributed by atoms with E-state index in [2.05, 4.69) is 10.3 Å². The number of rotatable bonds is 4.